The average molecular weight is 483 g/mol. The average Bonchev–Trinajstić information content (AvgIpc) is 3.29. The third kappa shape index (κ3) is 8.85. The molecule has 2 N–H and O–H groups in total. The van der Waals surface area contributed by atoms with Crippen molar-refractivity contribution in [2.24, 2.45) is 0 Å². The molecule has 12 heteroatoms. The van der Waals surface area contributed by atoms with Gasteiger partial charge in [-0.3, -0.25) is 9.59 Å². The molecule has 0 saturated heterocycles. The number of amides is 2. The third-order valence-corrected chi connectivity index (χ3v) is 4.41. The maximum absolute atomic E-state index is 12.4. The van der Waals surface area contributed by atoms with E-state index in [1.165, 1.54) is 29.1 Å². The van der Waals surface area contributed by atoms with E-state index in [-0.39, 0.29) is 23.6 Å². The van der Waals surface area contributed by atoms with Crippen molar-refractivity contribution in [3.63, 3.8) is 0 Å². The van der Waals surface area contributed by atoms with E-state index >= 15 is 0 Å². The molecule has 0 atom stereocenters. The van der Waals surface area contributed by atoms with Crippen molar-refractivity contribution in [1.29, 1.82) is 0 Å². The van der Waals surface area contributed by atoms with Gasteiger partial charge in [-0.15, -0.1) is 11.7 Å². The van der Waals surface area contributed by atoms with E-state index in [1.807, 2.05) is 12.2 Å². The largest absolute Gasteiger partial charge is 0.491 e. The Balaban J connectivity index is 2.16. The summed E-state index contributed by atoms with van der Waals surface area (Å²) in [7, 11) is 0. The molecule has 0 spiro atoms. The van der Waals surface area contributed by atoms with Crippen LogP contribution >= 0.6 is 0 Å². The third-order valence-electron chi connectivity index (χ3n) is 4.41. The van der Waals surface area contributed by atoms with Crippen molar-refractivity contribution in [2.75, 3.05) is 32.9 Å². The first-order chi connectivity index (χ1) is 16.2. The number of hydrogen-bond donors (Lipinski definition) is 2. The van der Waals surface area contributed by atoms with E-state index in [1.54, 1.807) is 6.08 Å². The topological polar surface area (TPSA) is 107 Å². The number of halogens is 3. The van der Waals surface area contributed by atoms with Crippen molar-refractivity contribution in [3.05, 3.63) is 48.3 Å². The molecule has 0 radical (unpaired) electrons. The van der Waals surface area contributed by atoms with Gasteiger partial charge in [-0.25, -0.2) is 4.68 Å². The Labute approximate surface area is 195 Å². The first-order valence-electron chi connectivity index (χ1n) is 10.8. The first-order valence-corrected chi connectivity index (χ1v) is 10.8. The second kappa shape index (κ2) is 13.3. The van der Waals surface area contributed by atoms with Gasteiger partial charge in [0.15, 0.2) is 5.69 Å². The summed E-state index contributed by atoms with van der Waals surface area (Å²) in [5.41, 5.74) is 0.425. The molecular weight excluding hydrogens is 455 g/mol. The van der Waals surface area contributed by atoms with Gasteiger partial charge in [0.1, 0.15) is 18.0 Å². The summed E-state index contributed by atoms with van der Waals surface area (Å²) in [4.78, 5) is 24.4. The highest BCUT2D eigenvalue weighted by molar-refractivity contribution is 5.95. The standard InChI is InChI=1S/C22H28F3N5O4/c1-3-5-6-12-34-19-13-16(20(31)27-15-22(23,24)25)8-9-18(19)30-14-17(28-29-30)21(32)26-10-7-11-33-4-2/h3,8-9,13-14H,1,4-7,10-12,15H2,2H3,(H,26,32)(H,27,31). The lowest BCUT2D eigenvalue weighted by Crippen LogP contribution is -2.33. The maximum Gasteiger partial charge on any atom is 0.405 e. The van der Waals surface area contributed by atoms with Gasteiger partial charge in [0, 0.05) is 25.3 Å². The molecule has 186 valence electrons. The van der Waals surface area contributed by atoms with E-state index in [0.717, 1.165) is 0 Å². The number of benzene rings is 1. The minimum Gasteiger partial charge on any atom is -0.491 e. The highest BCUT2D eigenvalue weighted by Crippen LogP contribution is 2.25. The Morgan fingerprint density at radius 1 is 1.18 bits per heavy atom. The normalized spacial score (nSPS) is 11.2. The summed E-state index contributed by atoms with van der Waals surface area (Å²) >= 11 is 0. The smallest absolute Gasteiger partial charge is 0.405 e. The van der Waals surface area contributed by atoms with Crippen molar-refractivity contribution in [1.82, 2.24) is 25.6 Å². The van der Waals surface area contributed by atoms with Crippen molar-refractivity contribution in [2.45, 2.75) is 32.4 Å². The molecule has 0 bridgehead atoms. The number of aromatic nitrogens is 3. The number of rotatable bonds is 14. The molecule has 0 aliphatic heterocycles. The number of ether oxygens (including phenoxy) is 2. The van der Waals surface area contributed by atoms with Crippen LogP contribution in [-0.2, 0) is 4.74 Å². The highest BCUT2D eigenvalue weighted by Gasteiger charge is 2.28. The number of carbonyl (C=O) groups is 2. The van der Waals surface area contributed by atoms with Crippen LogP contribution in [0.25, 0.3) is 5.69 Å². The SMILES string of the molecule is C=CCCCOc1cc(C(=O)NCC(F)(F)F)ccc1-n1cc(C(=O)NCCCOCC)nn1. The van der Waals surface area contributed by atoms with Crippen LogP contribution in [0, 0.1) is 0 Å². The molecule has 1 heterocycles. The molecule has 2 aromatic rings. The number of hydrogen-bond acceptors (Lipinski definition) is 6. The number of nitrogens with one attached hydrogen (secondary N) is 2. The first kappa shape index (κ1) is 26.8. The number of unbranched alkanes of at least 4 members (excludes halogenated alkanes) is 1. The van der Waals surface area contributed by atoms with E-state index < -0.39 is 24.5 Å². The molecular formula is C22H28F3N5O4. The molecule has 1 aromatic heterocycles. The van der Waals surface area contributed by atoms with Crippen LogP contribution in [0.1, 0.15) is 47.0 Å². The Morgan fingerprint density at radius 2 is 1.97 bits per heavy atom. The predicted octanol–water partition coefficient (Wildman–Crippen LogP) is 3.06. The summed E-state index contributed by atoms with van der Waals surface area (Å²) in [5, 5.41) is 12.4. The monoisotopic (exact) mass is 483 g/mol. The molecule has 0 saturated carbocycles. The zero-order valence-electron chi connectivity index (χ0n) is 18.9. The predicted molar refractivity (Wildman–Crippen MR) is 118 cm³/mol. The van der Waals surface area contributed by atoms with Crippen LogP contribution < -0.4 is 15.4 Å². The molecule has 2 amide bonds. The molecule has 34 heavy (non-hydrogen) atoms. The van der Waals surface area contributed by atoms with Crippen LogP contribution in [0.5, 0.6) is 5.75 Å². The number of alkyl halides is 3. The van der Waals surface area contributed by atoms with Gasteiger partial charge in [-0.05, 0) is 44.4 Å². The van der Waals surface area contributed by atoms with Crippen LogP contribution in [0.3, 0.4) is 0 Å². The molecule has 0 unspecified atom stereocenters. The van der Waals surface area contributed by atoms with Crippen LogP contribution in [0.4, 0.5) is 13.2 Å². The number of carbonyl (C=O) groups excluding carboxylic acids is 2. The Bertz CT molecular complexity index is 962. The molecule has 0 aliphatic rings. The van der Waals surface area contributed by atoms with Gasteiger partial charge in [0.25, 0.3) is 11.8 Å². The van der Waals surface area contributed by atoms with Crippen molar-refractivity contribution in [3.8, 4) is 11.4 Å². The molecule has 0 aliphatic carbocycles. The fourth-order valence-corrected chi connectivity index (χ4v) is 2.75. The summed E-state index contributed by atoms with van der Waals surface area (Å²) < 4.78 is 49.6. The number of nitrogens with zero attached hydrogens (tertiary/aromatic N) is 3. The summed E-state index contributed by atoms with van der Waals surface area (Å²) in [6.07, 6.45) is 0.571. The molecule has 9 nitrogen and oxygen atoms in total. The Hall–Kier alpha value is -3.41. The quantitative estimate of drug-likeness (QED) is 0.316. The second-order valence-corrected chi connectivity index (χ2v) is 7.11. The van der Waals surface area contributed by atoms with Gasteiger partial charge in [-0.2, -0.15) is 13.2 Å². The minimum atomic E-state index is -4.53. The van der Waals surface area contributed by atoms with Gasteiger partial charge in [-0.1, -0.05) is 11.3 Å². The number of allylic oxidation sites excluding steroid dienone is 1. The zero-order chi connectivity index (χ0) is 25.0. The molecule has 1 aromatic carbocycles. The van der Waals surface area contributed by atoms with Crippen LogP contribution in [-0.4, -0.2) is 65.9 Å². The summed E-state index contributed by atoms with van der Waals surface area (Å²) in [6, 6.07) is 4.13. The van der Waals surface area contributed by atoms with Gasteiger partial charge >= 0.3 is 6.18 Å². The van der Waals surface area contributed by atoms with Crippen LogP contribution in [0.15, 0.2) is 37.1 Å². The van der Waals surface area contributed by atoms with Crippen molar-refractivity contribution >= 4 is 11.8 Å². The lowest BCUT2D eigenvalue weighted by molar-refractivity contribution is -0.123. The Morgan fingerprint density at radius 3 is 2.68 bits per heavy atom. The zero-order valence-corrected chi connectivity index (χ0v) is 18.9. The van der Waals surface area contributed by atoms with Crippen LogP contribution in [0.2, 0.25) is 0 Å². The van der Waals surface area contributed by atoms with E-state index in [0.29, 0.717) is 44.7 Å². The van der Waals surface area contributed by atoms with E-state index in [4.69, 9.17) is 9.47 Å². The lowest BCUT2D eigenvalue weighted by atomic mass is 10.1. The van der Waals surface area contributed by atoms with Crippen molar-refractivity contribution < 1.29 is 32.2 Å². The minimum absolute atomic E-state index is 0.0147. The maximum atomic E-state index is 12.4. The fourth-order valence-electron chi connectivity index (χ4n) is 2.75. The summed E-state index contributed by atoms with van der Waals surface area (Å²) in [5.74, 6) is -1.11. The van der Waals surface area contributed by atoms with Gasteiger partial charge in [0.05, 0.1) is 12.8 Å². The lowest BCUT2D eigenvalue weighted by Gasteiger charge is -2.13. The fraction of sp³-hybridized carbons (Fsp3) is 0.455. The summed E-state index contributed by atoms with van der Waals surface area (Å²) in [6.45, 7) is 5.88. The van der Waals surface area contributed by atoms with E-state index in [9.17, 15) is 22.8 Å². The second-order valence-electron chi connectivity index (χ2n) is 7.11. The Kier molecular flexibility index (Phi) is 10.5. The van der Waals surface area contributed by atoms with E-state index in [2.05, 4.69) is 22.2 Å². The highest BCUT2D eigenvalue weighted by atomic mass is 19.4. The van der Waals surface area contributed by atoms with Gasteiger partial charge < -0.3 is 20.1 Å². The molecule has 2 rings (SSSR count). The molecule has 0 fully saturated rings. The van der Waals surface area contributed by atoms with Gasteiger partial charge in [0.2, 0.25) is 0 Å².